The molecule has 0 aliphatic heterocycles. The van der Waals surface area contributed by atoms with Crippen LogP contribution in [0.15, 0.2) is 36.5 Å². The number of amides is 1. The molecule has 1 saturated carbocycles. The summed E-state index contributed by atoms with van der Waals surface area (Å²) < 4.78 is 6.25. The summed E-state index contributed by atoms with van der Waals surface area (Å²) in [4.78, 5) is 17.2. The van der Waals surface area contributed by atoms with E-state index < -0.39 is 0 Å². The number of hydrogen-bond acceptors (Lipinski definition) is 5. The molecule has 0 atom stereocenters. The minimum absolute atomic E-state index is 0.111. The molecule has 1 aliphatic carbocycles. The van der Waals surface area contributed by atoms with Crippen molar-refractivity contribution in [1.82, 2.24) is 10.3 Å². The molecule has 0 spiro atoms. The molecule has 0 unspecified atom stereocenters. The number of ether oxygens (including phenoxy) is 1. The third kappa shape index (κ3) is 4.53. The molecule has 0 bridgehead atoms. The highest BCUT2D eigenvalue weighted by atomic mass is 35.5. The number of nitrogens with zero attached hydrogens (tertiary/aromatic N) is 2. The molecular formula is C24H28ClN3O3. The number of nitrogens with one attached hydrogen (secondary N) is 1. The second-order valence-electron chi connectivity index (χ2n) is 9.17. The number of aryl methyl sites for hydroxylation is 1. The Labute approximate surface area is 188 Å². The van der Waals surface area contributed by atoms with Crippen LogP contribution < -0.4 is 10.1 Å². The number of aliphatic hydroxyl groups is 1. The Morgan fingerprint density at radius 1 is 1.26 bits per heavy atom. The fourth-order valence-corrected chi connectivity index (χ4v) is 4.99. The van der Waals surface area contributed by atoms with Gasteiger partial charge in [0.05, 0.1) is 16.1 Å². The van der Waals surface area contributed by atoms with Gasteiger partial charge in [-0.3, -0.25) is 9.78 Å². The SMILES string of the molecule is CC1(C)[C@H](NC(=O)c2ccc(CCCO)nc2)C(C)(C)[C@H]1Oc1ccc(C#N)c(Cl)c1. The van der Waals surface area contributed by atoms with Crippen LogP contribution in [0.1, 0.15) is 55.7 Å². The number of pyridine rings is 1. The van der Waals surface area contributed by atoms with Gasteiger partial charge in [-0.1, -0.05) is 39.3 Å². The van der Waals surface area contributed by atoms with Gasteiger partial charge >= 0.3 is 0 Å². The van der Waals surface area contributed by atoms with Crippen molar-refractivity contribution in [2.24, 2.45) is 10.8 Å². The first-order valence-electron chi connectivity index (χ1n) is 10.3. The van der Waals surface area contributed by atoms with E-state index in [-0.39, 0.29) is 35.5 Å². The zero-order valence-electron chi connectivity index (χ0n) is 18.3. The fraction of sp³-hybridized carbons (Fsp3) is 0.458. The number of carbonyl (C=O) groups is 1. The van der Waals surface area contributed by atoms with Gasteiger partial charge in [0.15, 0.2) is 0 Å². The van der Waals surface area contributed by atoms with Crippen molar-refractivity contribution in [3.8, 4) is 11.8 Å². The summed E-state index contributed by atoms with van der Waals surface area (Å²) in [6.07, 6.45) is 2.75. The normalized spacial score (nSPS) is 20.9. The van der Waals surface area contributed by atoms with Crippen molar-refractivity contribution in [2.75, 3.05) is 6.61 Å². The molecule has 1 aromatic carbocycles. The predicted octanol–water partition coefficient (Wildman–Crippen LogP) is 4.14. The highest BCUT2D eigenvalue weighted by Crippen LogP contribution is 2.55. The lowest BCUT2D eigenvalue weighted by molar-refractivity contribution is -0.164. The van der Waals surface area contributed by atoms with Crippen LogP contribution in [0.5, 0.6) is 5.75 Å². The molecule has 164 valence electrons. The lowest BCUT2D eigenvalue weighted by Gasteiger charge is -2.63. The van der Waals surface area contributed by atoms with E-state index in [0.29, 0.717) is 34.7 Å². The quantitative estimate of drug-likeness (QED) is 0.673. The lowest BCUT2D eigenvalue weighted by Crippen LogP contribution is -2.74. The third-order valence-corrected chi connectivity index (χ3v) is 6.42. The molecule has 0 radical (unpaired) electrons. The maximum Gasteiger partial charge on any atom is 0.253 e. The zero-order valence-corrected chi connectivity index (χ0v) is 19.0. The molecule has 2 aromatic rings. The molecule has 1 aliphatic rings. The third-order valence-electron chi connectivity index (χ3n) is 6.11. The largest absolute Gasteiger partial charge is 0.489 e. The molecule has 7 heteroatoms. The number of aliphatic hydroxyl groups excluding tert-OH is 1. The van der Waals surface area contributed by atoms with Crippen LogP contribution in [0, 0.1) is 22.2 Å². The van der Waals surface area contributed by atoms with Crippen molar-refractivity contribution in [2.45, 2.75) is 52.7 Å². The highest BCUT2D eigenvalue weighted by molar-refractivity contribution is 6.31. The second-order valence-corrected chi connectivity index (χ2v) is 9.57. The van der Waals surface area contributed by atoms with E-state index >= 15 is 0 Å². The van der Waals surface area contributed by atoms with Gasteiger partial charge in [-0.2, -0.15) is 5.26 Å². The Balaban J connectivity index is 1.70. The van der Waals surface area contributed by atoms with Crippen LogP contribution >= 0.6 is 11.6 Å². The van der Waals surface area contributed by atoms with Crippen molar-refractivity contribution < 1.29 is 14.6 Å². The molecule has 0 saturated heterocycles. The van der Waals surface area contributed by atoms with Crippen LogP contribution in [-0.2, 0) is 6.42 Å². The first-order chi connectivity index (χ1) is 14.6. The van der Waals surface area contributed by atoms with E-state index in [9.17, 15) is 4.79 Å². The van der Waals surface area contributed by atoms with Gasteiger partial charge in [-0.05, 0) is 37.1 Å². The molecule has 1 aromatic heterocycles. The summed E-state index contributed by atoms with van der Waals surface area (Å²) in [7, 11) is 0. The second kappa shape index (κ2) is 8.86. The lowest BCUT2D eigenvalue weighted by atomic mass is 9.49. The zero-order chi connectivity index (χ0) is 22.8. The minimum atomic E-state index is -0.325. The van der Waals surface area contributed by atoms with Crippen LogP contribution in [0.4, 0.5) is 0 Å². The van der Waals surface area contributed by atoms with Crippen LogP contribution in [0.2, 0.25) is 5.02 Å². The highest BCUT2D eigenvalue weighted by Gasteiger charge is 2.64. The summed E-state index contributed by atoms with van der Waals surface area (Å²) in [5.41, 5.74) is 1.11. The van der Waals surface area contributed by atoms with Gasteiger partial charge in [0.25, 0.3) is 5.91 Å². The number of benzene rings is 1. The smallest absolute Gasteiger partial charge is 0.253 e. The first kappa shape index (κ1) is 23.1. The average Bonchev–Trinajstić information content (AvgIpc) is 2.74. The molecule has 1 heterocycles. The van der Waals surface area contributed by atoms with Crippen molar-refractivity contribution in [3.63, 3.8) is 0 Å². The van der Waals surface area contributed by atoms with Gasteiger partial charge < -0.3 is 15.2 Å². The average molecular weight is 442 g/mol. The molecule has 2 N–H and O–H groups in total. The van der Waals surface area contributed by atoms with Gasteiger partial charge in [-0.25, -0.2) is 0 Å². The number of carbonyl (C=O) groups excluding carboxylic acids is 1. The fourth-order valence-electron chi connectivity index (χ4n) is 4.78. The molecule has 1 amide bonds. The minimum Gasteiger partial charge on any atom is -0.489 e. The van der Waals surface area contributed by atoms with E-state index in [2.05, 4.69) is 38.0 Å². The van der Waals surface area contributed by atoms with Crippen LogP contribution in [-0.4, -0.2) is 34.8 Å². The predicted molar refractivity (Wildman–Crippen MR) is 119 cm³/mol. The topological polar surface area (TPSA) is 95.2 Å². The van der Waals surface area contributed by atoms with E-state index in [4.69, 9.17) is 26.7 Å². The van der Waals surface area contributed by atoms with Gasteiger partial charge in [0, 0.05) is 41.4 Å². The molecule has 3 rings (SSSR count). The van der Waals surface area contributed by atoms with Crippen molar-refractivity contribution in [1.29, 1.82) is 5.26 Å². The Morgan fingerprint density at radius 2 is 1.97 bits per heavy atom. The Morgan fingerprint density at radius 3 is 2.52 bits per heavy atom. The number of nitriles is 1. The molecule has 1 fully saturated rings. The number of halogens is 1. The van der Waals surface area contributed by atoms with E-state index in [1.54, 1.807) is 30.5 Å². The summed E-state index contributed by atoms with van der Waals surface area (Å²) >= 11 is 6.14. The summed E-state index contributed by atoms with van der Waals surface area (Å²) in [5.74, 6) is 0.426. The maximum atomic E-state index is 12.8. The summed E-state index contributed by atoms with van der Waals surface area (Å²) in [6.45, 7) is 8.38. The van der Waals surface area contributed by atoms with Gasteiger partial charge in [-0.15, -0.1) is 0 Å². The Kier molecular flexibility index (Phi) is 6.59. The standard InChI is InChI=1S/C24H28ClN3O3/c1-23(2)21(28-20(30)16-7-9-17(27-14-16)6-5-11-29)24(3,4)22(23)31-18-10-8-15(13-26)19(25)12-18/h7-10,12,14,21-22,29H,5-6,11H2,1-4H3,(H,28,30)/t21-,22-. The van der Waals surface area contributed by atoms with Gasteiger partial charge in [0.1, 0.15) is 17.9 Å². The maximum absolute atomic E-state index is 12.8. The number of aromatic nitrogens is 1. The summed E-state index contributed by atoms with van der Waals surface area (Å²) in [5, 5.41) is 21.5. The Hall–Kier alpha value is -2.62. The van der Waals surface area contributed by atoms with Crippen molar-refractivity contribution in [3.05, 3.63) is 58.4 Å². The molecular weight excluding hydrogens is 414 g/mol. The monoisotopic (exact) mass is 441 g/mol. The number of hydrogen-bond donors (Lipinski definition) is 2. The van der Waals surface area contributed by atoms with E-state index in [1.807, 2.05) is 12.1 Å². The van der Waals surface area contributed by atoms with Crippen LogP contribution in [0.3, 0.4) is 0 Å². The van der Waals surface area contributed by atoms with Crippen molar-refractivity contribution >= 4 is 17.5 Å². The first-order valence-corrected chi connectivity index (χ1v) is 10.7. The van der Waals surface area contributed by atoms with E-state index in [1.165, 1.54) is 0 Å². The Bertz CT molecular complexity index is 980. The molecule has 6 nitrogen and oxygen atoms in total. The van der Waals surface area contributed by atoms with Crippen LogP contribution in [0.25, 0.3) is 0 Å². The van der Waals surface area contributed by atoms with Gasteiger partial charge in [0.2, 0.25) is 0 Å². The summed E-state index contributed by atoms with van der Waals surface area (Å²) in [6, 6.07) is 10.6. The number of rotatable bonds is 7. The van der Waals surface area contributed by atoms with E-state index in [0.717, 1.165) is 5.69 Å². The molecule has 31 heavy (non-hydrogen) atoms.